The monoisotopic (exact) mass is 526 g/mol. The quantitative estimate of drug-likeness (QED) is 0.381. The second-order valence-corrected chi connectivity index (χ2v) is 10.6. The standard InChI is InChI=1S/C29H34N8O2/c1-36-15-19-17-37(18-20(19)16-36)22-11-9-21(10-12-22)32-29-31-14-23-27(35-29)34-26-8-5-6-24(33-26)25(38)7-3-2-4-13-30-28(23)39/h2,4-6,8-12,14,19-20,25,38H,3,7,13,15-18H2,1H3,(H,30,39)(H2,31,32,33,34,35)/b4-2-. The third-order valence-electron chi connectivity index (χ3n) is 7.70. The minimum Gasteiger partial charge on any atom is -0.387 e. The molecule has 2 bridgehead atoms. The van der Waals surface area contributed by atoms with Crippen molar-refractivity contribution in [2.45, 2.75) is 18.9 Å². The van der Waals surface area contributed by atoms with Gasteiger partial charge in [0.05, 0.1) is 11.8 Å². The van der Waals surface area contributed by atoms with Crippen LogP contribution in [0.5, 0.6) is 0 Å². The normalized spacial score (nSPS) is 24.2. The third kappa shape index (κ3) is 5.71. The fourth-order valence-corrected chi connectivity index (χ4v) is 5.70. The van der Waals surface area contributed by atoms with Crippen molar-refractivity contribution in [2.24, 2.45) is 11.8 Å². The largest absolute Gasteiger partial charge is 0.387 e. The molecule has 2 fully saturated rings. The number of aliphatic hydroxyl groups excluding tert-OH is 1. The Morgan fingerprint density at radius 2 is 1.79 bits per heavy atom. The first-order chi connectivity index (χ1) is 19.0. The molecule has 1 aromatic carbocycles. The van der Waals surface area contributed by atoms with Gasteiger partial charge in [0.2, 0.25) is 5.95 Å². The lowest BCUT2D eigenvalue weighted by Gasteiger charge is -2.21. The number of hydrogen-bond donors (Lipinski definition) is 4. The predicted molar refractivity (Wildman–Crippen MR) is 152 cm³/mol. The van der Waals surface area contributed by atoms with E-state index in [0.717, 1.165) is 30.6 Å². The van der Waals surface area contributed by atoms with Gasteiger partial charge < -0.3 is 30.9 Å². The topological polar surface area (TPSA) is 119 Å². The van der Waals surface area contributed by atoms with Gasteiger partial charge in [0.1, 0.15) is 17.2 Å². The Bertz CT molecular complexity index is 1350. The summed E-state index contributed by atoms with van der Waals surface area (Å²) in [6.45, 7) is 4.94. The summed E-state index contributed by atoms with van der Waals surface area (Å²) >= 11 is 0. The number of nitrogens with zero attached hydrogens (tertiary/aromatic N) is 5. The van der Waals surface area contributed by atoms with Gasteiger partial charge in [0.25, 0.3) is 5.91 Å². The van der Waals surface area contributed by atoms with E-state index in [4.69, 9.17) is 0 Å². The number of carbonyl (C=O) groups is 1. The summed E-state index contributed by atoms with van der Waals surface area (Å²) in [6, 6.07) is 13.7. The van der Waals surface area contributed by atoms with Gasteiger partial charge >= 0.3 is 0 Å². The molecule has 2 aromatic heterocycles. The van der Waals surface area contributed by atoms with Crippen LogP contribution in [-0.2, 0) is 0 Å². The smallest absolute Gasteiger partial charge is 0.256 e. The summed E-state index contributed by atoms with van der Waals surface area (Å²) in [5.41, 5.74) is 2.96. The Labute approximate surface area is 228 Å². The van der Waals surface area contributed by atoms with Crippen LogP contribution in [0.3, 0.4) is 0 Å². The molecule has 3 unspecified atom stereocenters. The van der Waals surface area contributed by atoms with Gasteiger partial charge in [-0.3, -0.25) is 4.79 Å². The lowest BCUT2D eigenvalue weighted by Crippen LogP contribution is -2.26. The van der Waals surface area contributed by atoms with Gasteiger partial charge in [0, 0.05) is 50.3 Å². The highest BCUT2D eigenvalue weighted by molar-refractivity contribution is 5.99. The number of anilines is 5. The summed E-state index contributed by atoms with van der Waals surface area (Å²) in [4.78, 5) is 31.4. The van der Waals surface area contributed by atoms with Crippen LogP contribution in [0.25, 0.3) is 0 Å². The molecule has 6 rings (SSSR count). The lowest BCUT2D eigenvalue weighted by atomic mass is 10.0. The fourth-order valence-electron chi connectivity index (χ4n) is 5.70. The van der Waals surface area contributed by atoms with Crippen molar-refractivity contribution in [1.82, 2.24) is 25.2 Å². The Kier molecular flexibility index (Phi) is 7.12. The zero-order chi connectivity index (χ0) is 26.8. The number of rotatable bonds is 3. The molecule has 5 heterocycles. The molecule has 3 aliphatic rings. The maximum atomic E-state index is 12.9. The number of hydrogen-bond acceptors (Lipinski definition) is 9. The molecule has 0 saturated carbocycles. The predicted octanol–water partition coefficient (Wildman–Crippen LogP) is 3.47. The number of amides is 1. The van der Waals surface area contributed by atoms with E-state index >= 15 is 0 Å². The summed E-state index contributed by atoms with van der Waals surface area (Å²) in [7, 11) is 2.21. The molecule has 0 radical (unpaired) electrons. The van der Waals surface area contributed by atoms with Crippen LogP contribution >= 0.6 is 0 Å². The number of carbonyl (C=O) groups excluding carboxylic acids is 1. The van der Waals surface area contributed by atoms with E-state index in [2.05, 4.69) is 59.9 Å². The first kappa shape index (κ1) is 25.3. The summed E-state index contributed by atoms with van der Waals surface area (Å²) in [6.07, 6.45) is 5.88. The van der Waals surface area contributed by atoms with Gasteiger partial charge in [0.15, 0.2) is 0 Å². The number of pyridine rings is 1. The number of nitrogens with one attached hydrogen (secondary N) is 3. The average Bonchev–Trinajstić information content (AvgIpc) is 3.48. The minimum atomic E-state index is -0.680. The molecular weight excluding hydrogens is 492 g/mol. The van der Waals surface area contributed by atoms with Crippen LogP contribution in [0.4, 0.5) is 29.0 Å². The molecule has 202 valence electrons. The Balaban J connectivity index is 1.21. The molecule has 3 aromatic rings. The van der Waals surface area contributed by atoms with Crippen molar-refractivity contribution in [1.29, 1.82) is 0 Å². The van der Waals surface area contributed by atoms with Crippen LogP contribution in [0.15, 0.2) is 60.8 Å². The van der Waals surface area contributed by atoms with Crippen molar-refractivity contribution >= 4 is 34.9 Å². The van der Waals surface area contributed by atoms with E-state index in [-0.39, 0.29) is 5.91 Å². The van der Waals surface area contributed by atoms with Gasteiger partial charge in [-0.05, 0) is 68.1 Å². The van der Waals surface area contributed by atoms with Crippen LogP contribution in [0.1, 0.15) is 35.0 Å². The zero-order valence-electron chi connectivity index (χ0n) is 22.0. The fraction of sp³-hybridized carbons (Fsp3) is 0.379. The highest BCUT2D eigenvalue weighted by atomic mass is 16.3. The van der Waals surface area contributed by atoms with E-state index in [1.165, 1.54) is 25.0 Å². The molecule has 39 heavy (non-hydrogen) atoms. The summed E-state index contributed by atoms with van der Waals surface area (Å²) in [5, 5.41) is 19.8. The molecule has 2 saturated heterocycles. The highest BCUT2D eigenvalue weighted by Crippen LogP contribution is 2.34. The van der Waals surface area contributed by atoms with Gasteiger partial charge in [-0.2, -0.15) is 4.98 Å². The molecule has 0 spiro atoms. The van der Waals surface area contributed by atoms with Crippen LogP contribution in [0, 0.1) is 11.8 Å². The molecule has 3 atom stereocenters. The Morgan fingerprint density at radius 1 is 1.00 bits per heavy atom. The van der Waals surface area contributed by atoms with Gasteiger partial charge in [-0.25, -0.2) is 9.97 Å². The van der Waals surface area contributed by atoms with Crippen LogP contribution in [0.2, 0.25) is 0 Å². The molecular formula is C29H34N8O2. The number of aromatic nitrogens is 3. The molecule has 10 nitrogen and oxygen atoms in total. The third-order valence-corrected chi connectivity index (χ3v) is 7.70. The SMILES string of the molecule is CN1CC2CN(c3ccc(Nc4ncc5c(n4)Nc4cccc(n4)C(O)CC/C=C\CNC5=O)cc3)CC2C1. The van der Waals surface area contributed by atoms with E-state index in [9.17, 15) is 9.90 Å². The number of benzene rings is 1. The van der Waals surface area contributed by atoms with Crippen molar-refractivity contribution in [2.75, 3.05) is 55.3 Å². The first-order valence-electron chi connectivity index (χ1n) is 13.5. The molecule has 3 aliphatic heterocycles. The van der Waals surface area contributed by atoms with E-state index in [1.807, 2.05) is 30.4 Å². The second kappa shape index (κ2) is 11.0. The number of allylic oxidation sites excluding steroid dienone is 1. The number of aliphatic hydroxyl groups is 1. The van der Waals surface area contributed by atoms with Crippen LogP contribution in [-0.4, -0.2) is 70.6 Å². The van der Waals surface area contributed by atoms with Crippen molar-refractivity contribution in [3.05, 3.63) is 72.1 Å². The van der Waals surface area contributed by atoms with E-state index < -0.39 is 6.10 Å². The Hall–Kier alpha value is -4.02. The van der Waals surface area contributed by atoms with E-state index in [0.29, 0.717) is 48.2 Å². The molecule has 1 amide bonds. The van der Waals surface area contributed by atoms with Crippen LogP contribution < -0.4 is 20.9 Å². The molecule has 4 N–H and O–H groups in total. The first-order valence-corrected chi connectivity index (χ1v) is 13.5. The summed E-state index contributed by atoms with van der Waals surface area (Å²) < 4.78 is 0. The van der Waals surface area contributed by atoms with Crippen molar-refractivity contribution in [3.8, 4) is 0 Å². The Morgan fingerprint density at radius 3 is 2.59 bits per heavy atom. The van der Waals surface area contributed by atoms with Crippen molar-refractivity contribution in [3.63, 3.8) is 0 Å². The maximum absolute atomic E-state index is 12.9. The second-order valence-electron chi connectivity index (χ2n) is 10.6. The van der Waals surface area contributed by atoms with E-state index in [1.54, 1.807) is 12.1 Å². The van der Waals surface area contributed by atoms with Gasteiger partial charge in [-0.1, -0.05) is 18.2 Å². The molecule has 0 aliphatic carbocycles. The minimum absolute atomic E-state index is 0.284. The van der Waals surface area contributed by atoms with Gasteiger partial charge in [-0.15, -0.1) is 0 Å². The summed E-state index contributed by atoms with van der Waals surface area (Å²) in [5.74, 6) is 2.39. The lowest BCUT2D eigenvalue weighted by molar-refractivity contribution is 0.0958. The average molecular weight is 527 g/mol. The highest BCUT2D eigenvalue weighted by Gasteiger charge is 2.38. The molecule has 10 heteroatoms. The zero-order valence-corrected chi connectivity index (χ0v) is 22.0. The van der Waals surface area contributed by atoms with Crippen molar-refractivity contribution < 1.29 is 9.90 Å². The maximum Gasteiger partial charge on any atom is 0.256 e. The number of fused-ring (bicyclic) bond motifs is 4. The number of likely N-dealkylation sites (tertiary alicyclic amines) is 1.